The van der Waals surface area contributed by atoms with E-state index in [4.69, 9.17) is 22.6 Å². The third-order valence-corrected chi connectivity index (χ3v) is 1.37. The zero-order valence-corrected chi connectivity index (χ0v) is 6.67. The average Bonchev–Trinajstić information content (AvgIpc) is 2.03. The number of hydrogen-bond acceptors (Lipinski definition) is 4. The summed E-state index contributed by atoms with van der Waals surface area (Å²) in [5.74, 6) is 0.109. The van der Waals surface area contributed by atoms with E-state index >= 15 is 0 Å². The summed E-state index contributed by atoms with van der Waals surface area (Å²) in [6.07, 6.45) is 0. The molecule has 0 unspecified atom stereocenters. The first kappa shape index (κ1) is 8.50. The van der Waals surface area contributed by atoms with Crippen LogP contribution in [0.3, 0.4) is 0 Å². The topological polar surface area (TPSA) is 79.8 Å². The smallest absolute Gasteiger partial charge is 0.270 e. The lowest BCUT2D eigenvalue weighted by molar-refractivity contribution is 0.107. The Morgan fingerprint density at radius 1 is 1.67 bits per heavy atom. The number of rotatable bonds is 1. The number of carbonyl (C=O) groups excluding carboxylic acids is 1. The molecule has 0 spiro atoms. The Kier molecular flexibility index (Phi) is 2.26. The lowest BCUT2D eigenvalue weighted by atomic mass is 10.2. The van der Waals surface area contributed by atoms with Crippen molar-refractivity contribution in [2.24, 2.45) is 0 Å². The Morgan fingerprint density at radius 3 is 2.83 bits per heavy atom. The first-order valence-electron chi connectivity index (χ1n) is 3.01. The molecule has 0 bridgehead atoms. The minimum Gasteiger partial charge on any atom is -0.384 e. The number of halogens is 1. The second-order valence-electron chi connectivity index (χ2n) is 2.05. The van der Waals surface area contributed by atoms with E-state index in [0.717, 1.165) is 0 Å². The van der Waals surface area contributed by atoms with Crippen molar-refractivity contribution < 1.29 is 4.79 Å². The van der Waals surface area contributed by atoms with Gasteiger partial charge in [0.15, 0.2) is 0 Å². The molecule has 0 aliphatic heterocycles. The number of nitrogens with zero attached hydrogens (tertiary/aromatic N) is 2. The molecule has 4 nitrogen and oxygen atoms in total. The standard InChI is InChI=1S/C7H4ClN3O/c8-7(12)5-1-4(3-9)2-6(10)11-5/h1-2H,(H2,10,11). The Labute approximate surface area is 73.6 Å². The van der Waals surface area contributed by atoms with Crippen molar-refractivity contribution in [3.63, 3.8) is 0 Å². The molecular formula is C7H4ClN3O. The van der Waals surface area contributed by atoms with E-state index in [1.165, 1.54) is 12.1 Å². The molecule has 0 atom stereocenters. The lowest BCUT2D eigenvalue weighted by Gasteiger charge is -1.95. The molecule has 0 fully saturated rings. The monoisotopic (exact) mass is 181 g/mol. The molecular weight excluding hydrogens is 178 g/mol. The number of anilines is 1. The number of nitrogen functional groups attached to an aromatic ring is 1. The first-order valence-corrected chi connectivity index (χ1v) is 3.39. The van der Waals surface area contributed by atoms with Crippen LogP contribution in [0.25, 0.3) is 0 Å². The first-order chi connectivity index (χ1) is 5.63. The summed E-state index contributed by atoms with van der Waals surface area (Å²) in [5.41, 5.74) is 5.56. The van der Waals surface area contributed by atoms with Crippen molar-refractivity contribution in [1.29, 1.82) is 5.26 Å². The predicted molar refractivity (Wildman–Crippen MR) is 43.5 cm³/mol. The van der Waals surface area contributed by atoms with Crippen LogP contribution in [-0.4, -0.2) is 10.2 Å². The van der Waals surface area contributed by atoms with Gasteiger partial charge in [0.1, 0.15) is 11.5 Å². The molecule has 0 radical (unpaired) electrons. The summed E-state index contributed by atoms with van der Waals surface area (Å²) in [5, 5.41) is 7.76. The summed E-state index contributed by atoms with van der Waals surface area (Å²) in [6, 6.07) is 4.48. The van der Waals surface area contributed by atoms with E-state index in [1.54, 1.807) is 0 Å². The molecule has 5 heteroatoms. The molecule has 0 amide bonds. The fraction of sp³-hybridized carbons (Fsp3) is 0. The van der Waals surface area contributed by atoms with Gasteiger partial charge in [0, 0.05) is 0 Å². The molecule has 0 aliphatic rings. The van der Waals surface area contributed by atoms with Crippen LogP contribution in [0.1, 0.15) is 16.1 Å². The van der Waals surface area contributed by atoms with Gasteiger partial charge in [-0.05, 0) is 23.7 Å². The molecule has 0 aromatic carbocycles. The SMILES string of the molecule is N#Cc1cc(N)nc(C(=O)Cl)c1. The predicted octanol–water partition coefficient (Wildman–Crippen LogP) is 0.914. The van der Waals surface area contributed by atoms with E-state index in [2.05, 4.69) is 4.98 Å². The fourth-order valence-corrected chi connectivity index (χ4v) is 0.814. The molecule has 12 heavy (non-hydrogen) atoms. The van der Waals surface area contributed by atoms with Crippen molar-refractivity contribution in [3.05, 3.63) is 23.4 Å². The third kappa shape index (κ3) is 1.71. The highest BCUT2D eigenvalue weighted by Gasteiger charge is 2.05. The van der Waals surface area contributed by atoms with Crippen LogP contribution in [0.15, 0.2) is 12.1 Å². The van der Waals surface area contributed by atoms with Crippen molar-refractivity contribution in [2.45, 2.75) is 0 Å². The quantitative estimate of drug-likeness (QED) is 0.654. The highest BCUT2D eigenvalue weighted by Crippen LogP contribution is 2.08. The summed E-state index contributed by atoms with van der Waals surface area (Å²) in [7, 11) is 0. The zero-order chi connectivity index (χ0) is 9.14. The molecule has 1 aromatic heterocycles. The van der Waals surface area contributed by atoms with Gasteiger partial charge in [0.2, 0.25) is 0 Å². The number of nitrogens with two attached hydrogens (primary N) is 1. The number of aromatic nitrogens is 1. The van der Waals surface area contributed by atoms with Crippen LogP contribution in [0.5, 0.6) is 0 Å². The largest absolute Gasteiger partial charge is 0.384 e. The van der Waals surface area contributed by atoms with Gasteiger partial charge in [-0.2, -0.15) is 5.26 Å². The van der Waals surface area contributed by atoms with E-state index in [9.17, 15) is 4.79 Å². The second kappa shape index (κ2) is 3.20. The Bertz CT molecular complexity index is 369. The van der Waals surface area contributed by atoms with Crippen molar-refractivity contribution in [1.82, 2.24) is 4.98 Å². The Hall–Kier alpha value is -1.60. The summed E-state index contributed by atoms with van der Waals surface area (Å²) in [6.45, 7) is 0. The van der Waals surface area contributed by atoms with Gasteiger partial charge >= 0.3 is 0 Å². The fourth-order valence-electron chi connectivity index (χ4n) is 0.717. The summed E-state index contributed by atoms with van der Waals surface area (Å²) < 4.78 is 0. The van der Waals surface area contributed by atoms with Crippen LogP contribution < -0.4 is 5.73 Å². The van der Waals surface area contributed by atoms with Crippen molar-refractivity contribution in [3.8, 4) is 6.07 Å². The molecule has 0 saturated carbocycles. The Morgan fingerprint density at radius 2 is 2.33 bits per heavy atom. The number of carbonyl (C=O) groups is 1. The van der Waals surface area contributed by atoms with Crippen LogP contribution >= 0.6 is 11.6 Å². The molecule has 60 valence electrons. The maximum Gasteiger partial charge on any atom is 0.270 e. The van der Waals surface area contributed by atoms with E-state index in [1.807, 2.05) is 6.07 Å². The van der Waals surface area contributed by atoms with Gasteiger partial charge in [-0.25, -0.2) is 4.98 Å². The Balaban J connectivity index is 3.26. The van der Waals surface area contributed by atoms with Gasteiger partial charge in [0.25, 0.3) is 5.24 Å². The average molecular weight is 182 g/mol. The second-order valence-corrected chi connectivity index (χ2v) is 2.39. The molecule has 1 heterocycles. The summed E-state index contributed by atoms with van der Waals surface area (Å²) >= 11 is 5.14. The van der Waals surface area contributed by atoms with Gasteiger partial charge < -0.3 is 5.73 Å². The van der Waals surface area contributed by atoms with Crippen LogP contribution in [0, 0.1) is 11.3 Å². The minimum atomic E-state index is -0.723. The maximum absolute atomic E-state index is 10.6. The van der Waals surface area contributed by atoms with Crippen LogP contribution in [0.2, 0.25) is 0 Å². The molecule has 2 N–H and O–H groups in total. The number of pyridine rings is 1. The highest BCUT2D eigenvalue weighted by atomic mass is 35.5. The molecule has 1 rings (SSSR count). The third-order valence-electron chi connectivity index (χ3n) is 1.18. The maximum atomic E-state index is 10.6. The summed E-state index contributed by atoms with van der Waals surface area (Å²) in [4.78, 5) is 14.2. The normalized spacial score (nSPS) is 9.00. The van der Waals surface area contributed by atoms with Crippen LogP contribution in [-0.2, 0) is 0 Å². The molecule has 1 aromatic rings. The van der Waals surface area contributed by atoms with E-state index in [-0.39, 0.29) is 17.1 Å². The molecule has 0 saturated heterocycles. The van der Waals surface area contributed by atoms with Crippen molar-refractivity contribution >= 4 is 22.7 Å². The minimum absolute atomic E-state index is 0.00628. The van der Waals surface area contributed by atoms with Gasteiger partial charge in [0.05, 0.1) is 11.6 Å². The van der Waals surface area contributed by atoms with Gasteiger partial charge in [-0.15, -0.1) is 0 Å². The van der Waals surface area contributed by atoms with Gasteiger partial charge in [-0.1, -0.05) is 0 Å². The zero-order valence-electron chi connectivity index (χ0n) is 5.91. The van der Waals surface area contributed by atoms with Gasteiger partial charge in [-0.3, -0.25) is 4.79 Å². The number of nitriles is 1. The van der Waals surface area contributed by atoms with Crippen LogP contribution in [0.4, 0.5) is 5.82 Å². The highest BCUT2D eigenvalue weighted by molar-refractivity contribution is 6.67. The lowest BCUT2D eigenvalue weighted by Crippen LogP contribution is -1.99. The van der Waals surface area contributed by atoms with Crippen molar-refractivity contribution in [2.75, 3.05) is 5.73 Å². The molecule has 0 aliphatic carbocycles. The number of hydrogen-bond donors (Lipinski definition) is 1. The van der Waals surface area contributed by atoms with E-state index < -0.39 is 5.24 Å². The van der Waals surface area contributed by atoms with E-state index in [0.29, 0.717) is 0 Å².